The summed E-state index contributed by atoms with van der Waals surface area (Å²) in [4.78, 5) is 33.0. The molecule has 0 saturated heterocycles. The number of para-hydroxylation sites is 1. The molecule has 2 aromatic carbocycles. The number of amides is 2. The number of halogens is 1. The van der Waals surface area contributed by atoms with Gasteiger partial charge in [0.05, 0.1) is 28.4 Å². The number of benzene rings is 2. The van der Waals surface area contributed by atoms with Crippen molar-refractivity contribution in [3.05, 3.63) is 71.0 Å². The summed E-state index contributed by atoms with van der Waals surface area (Å²) in [5, 5.41) is 7.18. The standard InChI is InChI=1S/C24H17ClN4O2S/c25-14-6-7-16-18(12-29(20(16)10-14)9-3-8-26-13-32)22-21(23(30)28-24(22)31)17-11-27-19-5-2-1-4-15(17)19/h1-2,4-7,10-12,27H,3,8-9H2,(H,28,30,31). The Labute approximate surface area is 193 Å². The van der Waals surface area contributed by atoms with Gasteiger partial charge in [-0.3, -0.25) is 14.9 Å². The van der Waals surface area contributed by atoms with Crippen LogP contribution in [0.1, 0.15) is 17.5 Å². The fraction of sp³-hybridized carbons (Fsp3) is 0.125. The monoisotopic (exact) mass is 460 g/mol. The molecule has 2 N–H and O–H groups in total. The highest BCUT2D eigenvalue weighted by Gasteiger charge is 2.35. The van der Waals surface area contributed by atoms with Crippen molar-refractivity contribution in [3.8, 4) is 0 Å². The van der Waals surface area contributed by atoms with Crippen LogP contribution in [-0.4, -0.2) is 33.1 Å². The van der Waals surface area contributed by atoms with Gasteiger partial charge in [-0.1, -0.05) is 35.9 Å². The maximum atomic E-state index is 13.0. The van der Waals surface area contributed by atoms with E-state index in [9.17, 15) is 9.59 Å². The largest absolute Gasteiger partial charge is 0.361 e. The van der Waals surface area contributed by atoms with Crippen LogP contribution < -0.4 is 5.32 Å². The number of aliphatic imine (C=N–C) groups is 1. The van der Waals surface area contributed by atoms with Gasteiger partial charge in [0, 0.05) is 51.4 Å². The minimum absolute atomic E-state index is 0.364. The van der Waals surface area contributed by atoms with Crippen molar-refractivity contribution in [1.29, 1.82) is 0 Å². The van der Waals surface area contributed by atoms with Gasteiger partial charge in [0.1, 0.15) is 0 Å². The van der Waals surface area contributed by atoms with Gasteiger partial charge < -0.3 is 9.55 Å². The van der Waals surface area contributed by atoms with E-state index >= 15 is 0 Å². The topological polar surface area (TPSA) is 79.2 Å². The highest BCUT2D eigenvalue weighted by molar-refractivity contribution is 7.78. The second kappa shape index (κ2) is 8.20. The smallest absolute Gasteiger partial charge is 0.259 e. The van der Waals surface area contributed by atoms with E-state index in [2.05, 4.69) is 32.7 Å². The number of aromatic amines is 1. The lowest BCUT2D eigenvalue weighted by atomic mass is 9.95. The molecule has 4 aromatic rings. The number of thiocarbonyl (C=S) groups is 1. The fourth-order valence-corrected chi connectivity index (χ4v) is 4.52. The van der Waals surface area contributed by atoms with Crippen molar-refractivity contribution in [1.82, 2.24) is 14.9 Å². The number of isothiocyanates is 1. The molecular formula is C24H17ClN4O2S. The third-order valence-electron chi connectivity index (χ3n) is 5.64. The quantitative estimate of drug-likeness (QED) is 0.187. The van der Waals surface area contributed by atoms with Gasteiger partial charge in [-0.15, -0.1) is 0 Å². The summed E-state index contributed by atoms with van der Waals surface area (Å²) in [6.07, 6.45) is 4.43. The Hall–Kier alpha value is -3.51. The summed E-state index contributed by atoms with van der Waals surface area (Å²) in [6.45, 7) is 1.21. The molecule has 0 bridgehead atoms. The van der Waals surface area contributed by atoms with Crippen LogP contribution >= 0.6 is 23.8 Å². The molecule has 1 aliphatic rings. The van der Waals surface area contributed by atoms with E-state index in [-0.39, 0.29) is 0 Å². The molecule has 5 rings (SSSR count). The van der Waals surface area contributed by atoms with E-state index in [1.165, 1.54) is 0 Å². The van der Waals surface area contributed by atoms with E-state index in [0.29, 0.717) is 40.4 Å². The molecule has 0 radical (unpaired) electrons. The molecule has 6 nitrogen and oxygen atoms in total. The molecule has 0 saturated carbocycles. The average molecular weight is 461 g/mol. The molecule has 8 heteroatoms. The molecule has 3 heterocycles. The van der Waals surface area contributed by atoms with Gasteiger partial charge in [0.15, 0.2) is 0 Å². The van der Waals surface area contributed by atoms with Crippen LogP contribution in [0.5, 0.6) is 0 Å². The lowest BCUT2D eigenvalue weighted by Crippen LogP contribution is -2.22. The van der Waals surface area contributed by atoms with Crippen LogP contribution in [0.2, 0.25) is 5.02 Å². The Morgan fingerprint density at radius 1 is 1.03 bits per heavy atom. The number of nitrogens with zero attached hydrogens (tertiary/aromatic N) is 2. The number of fused-ring (bicyclic) bond motifs is 2. The van der Waals surface area contributed by atoms with Crippen molar-refractivity contribution in [2.45, 2.75) is 13.0 Å². The van der Waals surface area contributed by atoms with Gasteiger partial charge >= 0.3 is 0 Å². The second-order valence-electron chi connectivity index (χ2n) is 7.51. The summed E-state index contributed by atoms with van der Waals surface area (Å²) in [5.41, 5.74) is 3.91. The Kier molecular flexibility index (Phi) is 5.23. The van der Waals surface area contributed by atoms with Crippen molar-refractivity contribution in [3.63, 3.8) is 0 Å². The summed E-state index contributed by atoms with van der Waals surface area (Å²) < 4.78 is 2.03. The van der Waals surface area contributed by atoms with E-state index < -0.39 is 11.8 Å². The van der Waals surface area contributed by atoms with E-state index in [4.69, 9.17) is 11.6 Å². The molecule has 0 aliphatic carbocycles. The highest BCUT2D eigenvalue weighted by Crippen LogP contribution is 2.38. The summed E-state index contributed by atoms with van der Waals surface area (Å²) in [7, 11) is 0. The predicted octanol–water partition coefficient (Wildman–Crippen LogP) is 4.84. The first-order valence-electron chi connectivity index (χ1n) is 10.1. The molecule has 0 unspecified atom stereocenters. The van der Waals surface area contributed by atoms with E-state index in [1.54, 1.807) is 12.3 Å². The molecule has 32 heavy (non-hydrogen) atoms. The number of carbonyl (C=O) groups excluding carboxylic acids is 2. The number of carbonyl (C=O) groups is 2. The van der Waals surface area contributed by atoms with Crippen LogP contribution in [0.25, 0.3) is 33.0 Å². The normalized spacial score (nSPS) is 13.8. The highest BCUT2D eigenvalue weighted by atomic mass is 35.5. The van der Waals surface area contributed by atoms with Crippen LogP contribution in [0.3, 0.4) is 0 Å². The van der Waals surface area contributed by atoms with Gasteiger partial charge in [-0.2, -0.15) is 0 Å². The first-order chi connectivity index (χ1) is 15.6. The van der Waals surface area contributed by atoms with Gasteiger partial charge in [-0.25, -0.2) is 4.99 Å². The lowest BCUT2D eigenvalue weighted by Gasteiger charge is -2.03. The van der Waals surface area contributed by atoms with Gasteiger partial charge in [0.25, 0.3) is 11.8 Å². The third kappa shape index (κ3) is 3.37. The zero-order chi connectivity index (χ0) is 22.2. The zero-order valence-electron chi connectivity index (χ0n) is 16.8. The van der Waals surface area contributed by atoms with E-state index in [0.717, 1.165) is 28.2 Å². The van der Waals surface area contributed by atoms with Crippen molar-refractivity contribution < 1.29 is 9.59 Å². The SMILES string of the molecule is O=C1NC(=O)C(c2cn(CCCN=C=S)c3cc(Cl)ccc23)=C1c1c[nH]c2ccccc12. The summed E-state index contributed by atoms with van der Waals surface area (Å²) in [5.74, 6) is -0.811. The average Bonchev–Trinajstić information content (AvgIpc) is 3.44. The van der Waals surface area contributed by atoms with Crippen LogP contribution in [0.4, 0.5) is 0 Å². The molecule has 0 atom stereocenters. The van der Waals surface area contributed by atoms with E-state index in [1.807, 2.05) is 47.2 Å². The number of hydrogen-bond donors (Lipinski definition) is 2. The zero-order valence-corrected chi connectivity index (χ0v) is 18.4. The van der Waals surface area contributed by atoms with Crippen LogP contribution in [-0.2, 0) is 16.1 Å². The minimum Gasteiger partial charge on any atom is -0.361 e. The molecule has 2 aromatic heterocycles. The van der Waals surface area contributed by atoms with Gasteiger partial charge in [-0.05, 0) is 36.8 Å². The maximum absolute atomic E-state index is 13.0. The van der Waals surface area contributed by atoms with Crippen LogP contribution in [0.15, 0.2) is 59.9 Å². The molecule has 0 spiro atoms. The second-order valence-corrected chi connectivity index (χ2v) is 8.12. The third-order valence-corrected chi connectivity index (χ3v) is 6.00. The number of aromatic nitrogens is 2. The lowest BCUT2D eigenvalue weighted by molar-refractivity contribution is -0.122. The number of imide groups is 1. The molecule has 2 amide bonds. The van der Waals surface area contributed by atoms with Crippen molar-refractivity contribution >= 4 is 73.7 Å². The van der Waals surface area contributed by atoms with Gasteiger partial charge in [0.2, 0.25) is 0 Å². The number of H-pyrrole nitrogens is 1. The van der Waals surface area contributed by atoms with Crippen LogP contribution in [0, 0.1) is 0 Å². The Morgan fingerprint density at radius 3 is 2.62 bits per heavy atom. The maximum Gasteiger partial charge on any atom is 0.259 e. The summed E-state index contributed by atoms with van der Waals surface area (Å²) in [6, 6.07) is 13.2. The van der Waals surface area contributed by atoms with Crippen molar-refractivity contribution in [2.75, 3.05) is 6.54 Å². The van der Waals surface area contributed by atoms with Crippen molar-refractivity contribution in [2.24, 2.45) is 4.99 Å². The molecule has 0 fully saturated rings. The molecular weight excluding hydrogens is 444 g/mol. The Balaban J connectivity index is 1.73. The molecule has 1 aliphatic heterocycles. The molecule has 158 valence electrons. The fourth-order valence-electron chi connectivity index (χ4n) is 4.26. The predicted molar refractivity (Wildman–Crippen MR) is 130 cm³/mol. The summed E-state index contributed by atoms with van der Waals surface area (Å²) >= 11 is 10.9. The number of aryl methyl sites for hydroxylation is 1. The Morgan fingerprint density at radius 2 is 1.81 bits per heavy atom. The first kappa shape index (κ1) is 20.4. The number of hydrogen-bond acceptors (Lipinski definition) is 4. The number of nitrogens with one attached hydrogen (secondary N) is 2. The minimum atomic E-state index is -0.408. The first-order valence-corrected chi connectivity index (χ1v) is 10.9. The number of rotatable bonds is 6. The Bertz CT molecular complexity index is 1490.